The number of likely N-dealkylation sites (tertiary alicyclic amines) is 1. The Labute approximate surface area is 105 Å². The second kappa shape index (κ2) is 4.91. The maximum absolute atomic E-state index is 13.6. The van der Waals surface area contributed by atoms with Gasteiger partial charge in [-0.05, 0) is 37.5 Å². The summed E-state index contributed by atoms with van der Waals surface area (Å²) < 4.78 is 26.6. The number of nitrogens with zero attached hydrogens (tertiary/aromatic N) is 1. The van der Waals surface area contributed by atoms with Crippen LogP contribution in [0.4, 0.5) is 8.78 Å². The molecule has 0 spiro atoms. The van der Waals surface area contributed by atoms with Crippen molar-refractivity contribution in [1.82, 2.24) is 4.90 Å². The average Bonchev–Trinajstić information content (AvgIpc) is 2.27. The molecule has 1 aliphatic rings. The molecule has 1 aromatic rings. The van der Waals surface area contributed by atoms with Crippen LogP contribution in [0.5, 0.6) is 0 Å². The highest BCUT2D eigenvalue weighted by Crippen LogP contribution is 2.26. The van der Waals surface area contributed by atoms with Crippen LogP contribution in [0.1, 0.15) is 25.3 Å². The number of halogens is 3. The smallest absolute Gasteiger partial charge is 0.141 e. The second-order valence-corrected chi connectivity index (χ2v) is 5.35. The normalized spacial score (nSPS) is 20.5. The predicted octanol–water partition coefficient (Wildman–Crippen LogP) is 3.80. The van der Waals surface area contributed by atoms with Crippen LogP contribution in [-0.2, 0) is 6.54 Å². The average molecular weight is 260 g/mol. The summed E-state index contributed by atoms with van der Waals surface area (Å²) in [7, 11) is 0. The predicted molar refractivity (Wildman–Crippen MR) is 65.4 cm³/mol. The molecule has 2 rings (SSSR count). The minimum absolute atomic E-state index is 0.148. The van der Waals surface area contributed by atoms with Crippen molar-refractivity contribution in [1.29, 1.82) is 0 Å². The van der Waals surface area contributed by atoms with Crippen LogP contribution >= 0.6 is 11.6 Å². The van der Waals surface area contributed by atoms with Gasteiger partial charge >= 0.3 is 0 Å². The van der Waals surface area contributed by atoms with Crippen molar-refractivity contribution in [2.45, 2.75) is 32.0 Å². The molecule has 1 fully saturated rings. The van der Waals surface area contributed by atoms with E-state index in [4.69, 9.17) is 11.6 Å². The van der Waals surface area contributed by atoms with E-state index < -0.39 is 11.5 Å². The van der Waals surface area contributed by atoms with Crippen molar-refractivity contribution in [2.24, 2.45) is 0 Å². The first-order valence-electron chi connectivity index (χ1n) is 5.81. The maximum Gasteiger partial charge on any atom is 0.141 e. The first-order valence-corrected chi connectivity index (χ1v) is 6.19. The molecule has 0 saturated carbocycles. The molecule has 0 radical (unpaired) electrons. The van der Waals surface area contributed by atoms with E-state index in [0.717, 1.165) is 18.7 Å². The lowest BCUT2D eigenvalue weighted by Gasteiger charge is -2.34. The van der Waals surface area contributed by atoms with Gasteiger partial charge in [0, 0.05) is 19.6 Å². The molecule has 0 N–H and O–H groups in total. The van der Waals surface area contributed by atoms with E-state index in [2.05, 4.69) is 4.90 Å². The molecule has 0 unspecified atom stereocenters. The van der Waals surface area contributed by atoms with E-state index in [-0.39, 0.29) is 5.02 Å². The largest absolute Gasteiger partial charge is 0.299 e. The molecule has 1 nitrogen and oxygen atoms in total. The minimum Gasteiger partial charge on any atom is -0.299 e. The Hall–Kier alpha value is -0.670. The van der Waals surface area contributed by atoms with Crippen molar-refractivity contribution in [3.8, 4) is 0 Å². The molecular formula is C13H16ClF2N. The van der Waals surface area contributed by atoms with E-state index in [9.17, 15) is 8.78 Å². The van der Waals surface area contributed by atoms with Crippen LogP contribution < -0.4 is 0 Å². The van der Waals surface area contributed by atoms with Gasteiger partial charge in [0.15, 0.2) is 0 Å². The summed E-state index contributed by atoms with van der Waals surface area (Å²) in [4.78, 5) is 2.17. The molecule has 1 saturated heterocycles. The molecule has 0 aromatic heterocycles. The minimum atomic E-state index is -1.03. The van der Waals surface area contributed by atoms with Gasteiger partial charge in [0.1, 0.15) is 11.5 Å². The Morgan fingerprint density at radius 1 is 1.35 bits per heavy atom. The lowest BCUT2D eigenvalue weighted by molar-refractivity contribution is 0.0705. The fourth-order valence-corrected chi connectivity index (χ4v) is 2.28. The third-order valence-electron chi connectivity index (χ3n) is 3.29. The molecule has 0 aliphatic carbocycles. The third kappa shape index (κ3) is 3.39. The molecule has 1 aliphatic heterocycles. The SMILES string of the molecule is CC1(F)CCN(Cc2ccc(F)c(Cl)c2)CC1. The van der Waals surface area contributed by atoms with Crippen molar-refractivity contribution < 1.29 is 8.78 Å². The van der Waals surface area contributed by atoms with Gasteiger partial charge in [0.05, 0.1) is 5.02 Å². The molecule has 1 heterocycles. The summed E-state index contributed by atoms with van der Waals surface area (Å²) in [6.07, 6.45) is 1.11. The molecule has 4 heteroatoms. The summed E-state index contributed by atoms with van der Waals surface area (Å²) in [5.74, 6) is -0.398. The van der Waals surface area contributed by atoms with Crippen LogP contribution in [-0.4, -0.2) is 23.7 Å². The summed E-state index contributed by atoms with van der Waals surface area (Å²) in [5.41, 5.74) is -0.0596. The zero-order chi connectivity index (χ0) is 12.5. The summed E-state index contributed by atoms with van der Waals surface area (Å²) >= 11 is 5.72. The lowest BCUT2D eigenvalue weighted by atomic mass is 9.95. The lowest BCUT2D eigenvalue weighted by Crippen LogP contribution is -2.39. The molecule has 0 amide bonds. The van der Waals surface area contributed by atoms with Gasteiger partial charge in [0.25, 0.3) is 0 Å². The molecule has 0 atom stereocenters. The fourth-order valence-electron chi connectivity index (χ4n) is 2.07. The van der Waals surface area contributed by atoms with Crippen LogP contribution in [0.2, 0.25) is 5.02 Å². The molecule has 0 bridgehead atoms. The van der Waals surface area contributed by atoms with Crippen LogP contribution in [0, 0.1) is 5.82 Å². The quantitative estimate of drug-likeness (QED) is 0.781. The fraction of sp³-hybridized carbons (Fsp3) is 0.538. The van der Waals surface area contributed by atoms with Gasteiger partial charge in [-0.25, -0.2) is 8.78 Å². The number of piperidine rings is 1. The number of hydrogen-bond donors (Lipinski definition) is 0. The van der Waals surface area contributed by atoms with Gasteiger partial charge in [-0.15, -0.1) is 0 Å². The summed E-state index contributed by atoms with van der Waals surface area (Å²) in [6.45, 7) is 3.83. The maximum atomic E-state index is 13.6. The zero-order valence-electron chi connectivity index (χ0n) is 9.85. The van der Waals surface area contributed by atoms with Gasteiger partial charge in [-0.1, -0.05) is 17.7 Å². The molecule has 94 valence electrons. The Kier molecular flexibility index (Phi) is 3.69. The first-order chi connectivity index (χ1) is 7.96. The number of alkyl halides is 1. The van der Waals surface area contributed by atoms with E-state index in [1.807, 2.05) is 0 Å². The van der Waals surface area contributed by atoms with Crippen molar-refractivity contribution in [3.05, 3.63) is 34.6 Å². The molecule has 1 aromatic carbocycles. The van der Waals surface area contributed by atoms with Crippen LogP contribution in [0.25, 0.3) is 0 Å². The Morgan fingerprint density at radius 2 is 2.00 bits per heavy atom. The first kappa shape index (κ1) is 12.8. The number of benzene rings is 1. The third-order valence-corrected chi connectivity index (χ3v) is 3.58. The zero-order valence-corrected chi connectivity index (χ0v) is 10.6. The monoisotopic (exact) mass is 259 g/mol. The van der Waals surface area contributed by atoms with Gasteiger partial charge in [-0.2, -0.15) is 0 Å². The highest BCUT2D eigenvalue weighted by Gasteiger charge is 2.29. The summed E-state index contributed by atoms with van der Waals surface area (Å²) in [6, 6.07) is 4.74. The molecule has 17 heavy (non-hydrogen) atoms. The van der Waals surface area contributed by atoms with Gasteiger partial charge in [-0.3, -0.25) is 4.90 Å². The topological polar surface area (TPSA) is 3.24 Å². The highest BCUT2D eigenvalue weighted by atomic mass is 35.5. The highest BCUT2D eigenvalue weighted by molar-refractivity contribution is 6.30. The number of rotatable bonds is 2. The van der Waals surface area contributed by atoms with E-state index in [0.29, 0.717) is 19.4 Å². The molecular weight excluding hydrogens is 244 g/mol. The number of hydrogen-bond acceptors (Lipinski definition) is 1. The van der Waals surface area contributed by atoms with E-state index in [1.54, 1.807) is 19.1 Å². The Morgan fingerprint density at radius 3 is 2.59 bits per heavy atom. The van der Waals surface area contributed by atoms with Crippen molar-refractivity contribution in [3.63, 3.8) is 0 Å². The van der Waals surface area contributed by atoms with Gasteiger partial charge < -0.3 is 0 Å². The van der Waals surface area contributed by atoms with Crippen LogP contribution in [0.3, 0.4) is 0 Å². The van der Waals surface area contributed by atoms with E-state index in [1.165, 1.54) is 6.07 Å². The summed E-state index contributed by atoms with van der Waals surface area (Å²) in [5, 5.41) is 0.148. The van der Waals surface area contributed by atoms with Crippen molar-refractivity contribution >= 4 is 11.6 Å². The Bertz CT molecular complexity index is 396. The Balaban J connectivity index is 1.95. The van der Waals surface area contributed by atoms with Crippen molar-refractivity contribution in [2.75, 3.05) is 13.1 Å². The second-order valence-electron chi connectivity index (χ2n) is 4.94. The standard InChI is InChI=1S/C13H16ClF2N/c1-13(16)4-6-17(7-5-13)9-10-2-3-12(15)11(14)8-10/h2-3,8H,4-7,9H2,1H3. The van der Waals surface area contributed by atoms with Crippen LogP contribution in [0.15, 0.2) is 18.2 Å². The van der Waals surface area contributed by atoms with Gasteiger partial charge in [0.2, 0.25) is 0 Å². The van der Waals surface area contributed by atoms with E-state index >= 15 is 0 Å².